The highest BCUT2D eigenvalue weighted by Crippen LogP contribution is 2.32. The zero-order valence-electron chi connectivity index (χ0n) is 23.9. The monoisotopic (exact) mass is 566 g/mol. The summed E-state index contributed by atoms with van der Waals surface area (Å²) >= 11 is 6.57. The lowest BCUT2D eigenvalue weighted by Crippen LogP contribution is -2.29. The van der Waals surface area contributed by atoms with Gasteiger partial charge in [-0.15, -0.1) is 0 Å². The predicted molar refractivity (Wildman–Crippen MR) is 169 cm³/mol. The van der Waals surface area contributed by atoms with Crippen LogP contribution in [0.1, 0.15) is 38.2 Å². The van der Waals surface area contributed by atoms with Crippen molar-refractivity contribution in [1.29, 1.82) is 0 Å². The molecule has 0 unspecified atom stereocenters. The Labute approximate surface area is 245 Å². The normalized spacial score (nSPS) is 14.0. The smallest absolute Gasteiger partial charge is 0.259 e. The van der Waals surface area contributed by atoms with E-state index in [0.717, 1.165) is 35.3 Å². The second-order valence-electron chi connectivity index (χ2n) is 10.2. The quantitative estimate of drug-likeness (QED) is 0.241. The number of rotatable bonds is 5. The number of benzene rings is 2. The van der Waals surface area contributed by atoms with Crippen LogP contribution in [0.5, 0.6) is 0 Å². The molecule has 4 heterocycles. The van der Waals surface area contributed by atoms with Crippen molar-refractivity contribution in [2.45, 2.75) is 32.6 Å². The summed E-state index contributed by atoms with van der Waals surface area (Å²) in [6.45, 7) is 6.27. The van der Waals surface area contributed by atoms with Crippen LogP contribution in [0, 0.1) is 0 Å². The van der Waals surface area contributed by atoms with E-state index in [9.17, 15) is 4.79 Å². The molecule has 1 aliphatic rings. The molecule has 8 heteroatoms. The van der Waals surface area contributed by atoms with Gasteiger partial charge in [0.2, 0.25) is 5.95 Å². The van der Waals surface area contributed by atoms with Gasteiger partial charge in [-0.3, -0.25) is 14.3 Å². The van der Waals surface area contributed by atoms with Crippen LogP contribution in [-0.4, -0.2) is 44.6 Å². The molecule has 1 saturated heterocycles. The van der Waals surface area contributed by atoms with Gasteiger partial charge in [0.1, 0.15) is 5.65 Å². The van der Waals surface area contributed by atoms with Crippen molar-refractivity contribution in [3.8, 4) is 22.3 Å². The summed E-state index contributed by atoms with van der Waals surface area (Å²) in [5.74, 6) is 1.04. The van der Waals surface area contributed by atoms with E-state index in [4.69, 9.17) is 11.6 Å². The van der Waals surface area contributed by atoms with E-state index in [1.54, 1.807) is 30.2 Å². The Balaban J connectivity index is 0.00000165. The Hall–Kier alpha value is -4.07. The van der Waals surface area contributed by atoms with E-state index in [-0.39, 0.29) is 5.56 Å². The van der Waals surface area contributed by atoms with Gasteiger partial charge in [-0.2, -0.15) is 4.98 Å². The number of nitrogens with zero attached hydrogens (tertiary/aromatic N) is 5. The van der Waals surface area contributed by atoms with Crippen molar-refractivity contribution in [3.63, 3.8) is 0 Å². The molecule has 5 aromatic rings. The number of likely N-dealkylation sites (tertiary alicyclic amines) is 1. The number of halogens is 1. The van der Waals surface area contributed by atoms with Gasteiger partial charge in [-0.05, 0) is 86.4 Å². The first-order chi connectivity index (χ1) is 20.0. The fourth-order valence-corrected chi connectivity index (χ4v) is 5.47. The second kappa shape index (κ2) is 12.6. The summed E-state index contributed by atoms with van der Waals surface area (Å²) in [5.41, 5.74) is 5.68. The van der Waals surface area contributed by atoms with Gasteiger partial charge < -0.3 is 10.2 Å². The van der Waals surface area contributed by atoms with Crippen molar-refractivity contribution < 1.29 is 0 Å². The molecule has 0 bridgehead atoms. The van der Waals surface area contributed by atoms with Gasteiger partial charge in [0, 0.05) is 58.4 Å². The Kier molecular flexibility index (Phi) is 8.76. The number of fused-ring (bicyclic) bond motifs is 1. The standard InChI is InChI=1S/C31H29ClN6O.C2H6/c1-37-14-11-21(12-15-37)20-5-8-25(9-6-20)35-31-34-19-24-17-27(30(39)38(2)29(24)36-31)26-16-22(7-10-28(26)32)23-4-3-13-33-18-23;1-2/h3-10,13,16-19,21H,11-12,14-15H2,1-2H3,(H,34,35,36);1-2H3. The maximum Gasteiger partial charge on any atom is 0.259 e. The minimum absolute atomic E-state index is 0.181. The van der Waals surface area contributed by atoms with Gasteiger partial charge in [-0.25, -0.2) is 4.98 Å². The third kappa shape index (κ3) is 6.16. The lowest BCUT2D eigenvalue weighted by atomic mass is 9.89. The molecule has 6 rings (SSSR count). The highest BCUT2D eigenvalue weighted by molar-refractivity contribution is 6.33. The number of nitrogens with one attached hydrogen (secondary N) is 1. The molecule has 0 atom stereocenters. The molecule has 3 aromatic heterocycles. The third-order valence-corrected chi connectivity index (χ3v) is 7.89. The van der Waals surface area contributed by atoms with Gasteiger partial charge in [0.15, 0.2) is 0 Å². The molecule has 0 radical (unpaired) electrons. The van der Waals surface area contributed by atoms with E-state index >= 15 is 0 Å². The number of pyridine rings is 2. The number of hydrogen-bond acceptors (Lipinski definition) is 6. The van der Waals surface area contributed by atoms with Crippen molar-refractivity contribution in [2.75, 3.05) is 25.5 Å². The molecule has 0 spiro atoms. The average Bonchev–Trinajstić information content (AvgIpc) is 3.02. The first kappa shape index (κ1) is 28.5. The minimum Gasteiger partial charge on any atom is -0.324 e. The van der Waals surface area contributed by atoms with Gasteiger partial charge >= 0.3 is 0 Å². The summed E-state index contributed by atoms with van der Waals surface area (Å²) in [7, 11) is 3.90. The molecule has 0 aliphatic carbocycles. The molecule has 0 saturated carbocycles. The molecule has 2 aromatic carbocycles. The van der Waals surface area contributed by atoms with E-state index in [1.807, 2.05) is 50.2 Å². The van der Waals surface area contributed by atoms with Crippen LogP contribution >= 0.6 is 11.6 Å². The number of hydrogen-bond donors (Lipinski definition) is 1. The summed E-state index contributed by atoms with van der Waals surface area (Å²) in [6, 6.07) is 19.8. The summed E-state index contributed by atoms with van der Waals surface area (Å²) in [4.78, 5) is 29.3. The van der Waals surface area contributed by atoms with Crippen LogP contribution in [0.2, 0.25) is 5.02 Å². The largest absolute Gasteiger partial charge is 0.324 e. The lowest BCUT2D eigenvalue weighted by Gasteiger charge is -2.29. The molecule has 1 N–H and O–H groups in total. The maximum atomic E-state index is 13.5. The molecular weight excluding hydrogens is 532 g/mol. The molecular formula is C33H35ClN6O. The van der Waals surface area contributed by atoms with Crippen LogP contribution in [0.3, 0.4) is 0 Å². The van der Waals surface area contributed by atoms with E-state index in [1.165, 1.54) is 18.4 Å². The Morgan fingerprint density at radius 1 is 0.902 bits per heavy atom. The number of anilines is 2. The first-order valence-corrected chi connectivity index (χ1v) is 14.5. The Morgan fingerprint density at radius 3 is 2.37 bits per heavy atom. The average molecular weight is 567 g/mol. The zero-order valence-corrected chi connectivity index (χ0v) is 24.7. The van der Waals surface area contributed by atoms with Crippen molar-refractivity contribution in [2.24, 2.45) is 7.05 Å². The van der Waals surface area contributed by atoms with E-state index < -0.39 is 0 Å². The van der Waals surface area contributed by atoms with Crippen LogP contribution in [0.4, 0.5) is 11.6 Å². The molecule has 1 fully saturated rings. The van der Waals surface area contributed by atoms with Crippen LogP contribution < -0.4 is 10.9 Å². The highest BCUT2D eigenvalue weighted by Gasteiger charge is 2.18. The molecule has 1 aliphatic heterocycles. The number of aryl methyl sites for hydroxylation is 1. The summed E-state index contributed by atoms with van der Waals surface area (Å²) in [5, 5.41) is 4.54. The zero-order chi connectivity index (χ0) is 28.9. The van der Waals surface area contributed by atoms with Gasteiger partial charge in [0.05, 0.1) is 0 Å². The number of piperidine rings is 1. The van der Waals surface area contributed by atoms with Crippen LogP contribution in [-0.2, 0) is 7.05 Å². The molecule has 7 nitrogen and oxygen atoms in total. The van der Waals surface area contributed by atoms with E-state index in [0.29, 0.717) is 33.7 Å². The van der Waals surface area contributed by atoms with Gasteiger partial charge in [0.25, 0.3) is 5.56 Å². The molecule has 41 heavy (non-hydrogen) atoms. The maximum absolute atomic E-state index is 13.5. The summed E-state index contributed by atoms with van der Waals surface area (Å²) in [6.07, 6.45) is 7.63. The molecule has 0 amide bonds. The second-order valence-corrected chi connectivity index (χ2v) is 10.6. The van der Waals surface area contributed by atoms with Crippen molar-refractivity contribution in [3.05, 3.63) is 100 Å². The SMILES string of the molecule is CC.CN1CCC(c2ccc(Nc3ncc4cc(-c5cc(-c6cccnc6)ccc5Cl)c(=O)n(C)c4n3)cc2)CC1. The third-order valence-electron chi connectivity index (χ3n) is 7.56. The minimum atomic E-state index is -0.181. The highest BCUT2D eigenvalue weighted by atomic mass is 35.5. The first-order valence-electron chi connectivity index (χ1n) is 14.1. The summed E-state index contributed by atoms with van der Waals surface area (Å²) < 4.78 is 1.55. The topological polar surface area (TPSA) is 75.9 Å². The fourth-order valence-electron chi connectivity index (χ4n) is 5.25. The fraction of sp³-hybridized carbons (Fsp3) is 0.273. The van der Waals surface area contributed by atoms with Crippen LogP contribution in [0.25, 0.3) is 33.3 Å². The van der Waals surface area contributed by atoms with Gasteiger partial charge in [-0.1, -0.05) is 49.7 Å². The van der Waals surface area contributed by atoms with E-state index in [2.05, 4.69) is 56.5 Å². The van der Waals surface area contributed by atoms with Crippen LogP contribution in [0.15, 0.2) is 84.0 Å². The lowest BCUT2D eigenvalue weighted by molar-refractivity contribution is 0.255. The molecule has 210 valence electrons. The van der Waals surface area contributed by atoms with Crippen molar-refractivity contribution in [1.82, 2.24) is 24.4 Å². The van der Waals surface area contributed by atoms with Crippen molar-refractivity contribution >= 4 is 34.3 Å². The Bertz CT molecular complexity index is 1690. The predicted octanol–water partition coefficient (Wildman–Crippen LogP) is 7.29. The Morgan fingerprint density at radius 2 is 1.66 bits per heavy atom. The number of aromatic nitrogens is 4.